The van der Waals surface area contributed by atoms with Gasteiger partial charge in [0.2, 0.25) is 0 Å². The van der Waals surface area contributed by atoms with Crippen molar-refractivity contribution in [3.05, 3.63) is 63.4 Å². The lowest BCUT2D eigenvalue weighted by Gasteiger charge is -2.06. The smallest absolute Gasteiger partial charge is 0.343 e. The van der Waals surface area contributed by atoms with Crippen molar-refractivity contribution in [3.8, 4) is 5.75 Å². The average molecular weight is 521 g/mol. The highest BCUT2D eigenvalue weighted by Crippen LogP contribution is 2.18. The van der Waals surface area contributed by atoms with Gasteiger partial charge in [-0.05, 0) is 71.0 Å². The summed E-state index contributed by atoms with van der Waals surface area (Å²) in [6.07, 6.45) is 14.0. The van der Waals surface area contributed by atoms with Crippen LogP contribution in [0.4, 0.5) is 5.69 Å². The number of nitrogen functional groups attached to an aromatic ring is 1. The van der Waals surface area contributed by atoms with Gasteiger partial charge in [-0.15, -0.1) is 0 Å². The van der Waals surface area contributed by atoms with Crippen LogP contribution in [0.3, 0.4) is 0 Å². The molecule has 0 fully saturated rings. The van der Waals surface area contributed by atoms with E-state index in [0.717, 1.165) is 22.2 Å². The van der Waals surface area contributed by atoms with Gasteiger partial charge >= 0.3 is 5.97 Å². The molecule has 0 bridgehead atoms. The molecule has 0 aliphatic rings. The van der Waals surface area contributed by atoms with Gasteiger partial charge in [0.1, 0.15) is 5.75 Å². The summed E-state index contributed by atoms with van der Waals surface area (Å²) in [7, 11) is 0. The van der Waals surface area contributed by atoms with E-state index in [4.69, 9.17) is 15.2 Å². The van der Waals surface area contributed by atoms with Crippen LogP contribution >= 0.6 is 22.6 Å². The van der Waals surface area contributed by atoms with E-state index >= 15 is 0 Å². The first-order valence-corrected chi connectivity index (χ1v) is 11.8. The lowest BCUT2D eigenvalue weighted by molar-refractivity contribution is 0.0734. The highest BCUT2D eigenvalue weighted by Gasteiger charge is 2.10. The van der Waals surface area contributed by atoms with E-state index in [0.29, 0.717) is 17.0 Å². The summed E-state index contributed by atoms with van der Waals surface area (Å²) in [6.45, 7) is 3.00. The fourth-order valence-electron chi connectivity index (χ4n) is 3.06. The molecule has 4 nitrogen and oxygen atoms in total. The highest BCUT2D eigenvalue weighted by atomic mass is 127. The molecule has 0 radical (unpaired) electrons. The second-order valence-electron chi connectivity index (χ2n) is 7.38. The first kappa shape index (κ1) is 24.3. The van der Waals surface area contributed by atoms with Crippen LogP contribution < -0.4 is 10.5 Å². The maximum absolute atomic E-state index is 12.3. The molecular weight excluding hydrogens is 489 g/mol. The third kappa shape index (κ3) is 9.65. The molecular formula is C25H32INO3. The van der Waals surface area contributed by atoms with Crippen molar-refractivity contribution < 1.29 is 14.3 Å². The summed E-state index contributed by atoms with van der Waals surface area (Å²) in [5, 5.41) is 0. The number of hydrogen-bond acceptors (Lipinski definition) is 4. The maximum atomic E-state index is 12.3. The van der Waals surface area contributed by atoms with Crippen molar-refractivity contribution in [1.29, 1.82) is 0 Å². The Hall–Kier alpha value is -2.02. The largest absolute Gasteiger partial charge is 0.501 e. The third-order valence-corrected chi connectivity index (χ3v) is 5.34. The van der Waals surface area contributed by atoms with E-state index in [1.165, 1.54) is 44.9 Å². The highest BCUT2D eigenvalue weighted by molar-refractivity contribution is 14.1. The minimum absolute atomic E-state index is 0.419. The molecule has 162 valence electrons. The minimum atomic E-state index is -0.419. The molecule has 0 aliphatic heterocycles. The number of nitrogens with two attached hydrogens (primary N) is 1. The first-order chi connectivity index (χ1) is 14.6. The summed E-state index contributed by atoms with van der Waals surface area (Å²) < 4.78 is 11.9. The van der Waals surface area contributed by atoms with E-state index in [9.17, 15) is 4.79 Å². The molecule has 2 aromatic rings. The first-order valence-electron chi connectivity index (χ1n) is 10.7. The summed E-state index contributed by atoms with van der Waals surface area (Å²) >= 11 is 2.12. The fourth-order valence-corrected chi connectivity index (χ4v) is 3.75. The summed E-state index contributed by atoms with van der Waals surface area (Å²) in [4.78, 5) is 12.3. The van der Waals surface area contributed by atoms with Crippen LogP contribution in [0.5, 0.6) is 5.75 Å². The molecule has 0 spiro atoms. The van der Waals surface area contributed by atoms with Crippen LogP contribution in [0.15, 0.2) is 48.7 Å². The number of anilines is 1. The van der Waals surface area contributed by atoms with Crippen molar-refractivity contribution in [3.63, 3.8) is 0 Å². The van der Waals surface area contributed by atoms with Gasteiger partial charge in [0.25, 0.3) is 0 Å². The molecule has 0 saturated carbocycles. The normalized spacial score (nSPS) is 11.0. The zero-order valence-corrected chi connectivity index (χ0v) is 19.9. The van der Waals surface area contributed by atoms with Crippen LogP contribution in [0, 0.1) is 3.57 Å². The van der Waals surface area contributed by atoms with E-state index in [1.54, 1.807) is 36.6 Å². The molecule has 0 aromatic heterocycles. The number of benzene rings is 2. The Morgan fingerprint density at radius 2 is 1.63 bits per heavy atom. The van der Waals surface area contributed by atoms with E-state index in [1.807, 2.05) is 18.2 Å². The molecule has 2 rings (SSSR count). The zero-order valence-electron chi connectivity index (χ0n) is 17.7. The molecule has 0 aliphatic carbocycles. The number of carbonyl (C=O) groups is 1. The van der Waals surface area contributed by atoms with Crippen LogP contribution in [-0.2, 0) is 4.74 Å². The summed E-state index contributed by atoms with van der Waals surface area (Å²) in [6, 6.07) is 12.5. The predicted molar refractivity (Wildman–Crippen MR) is 133 cm³/mol. The summed E-state index contributed by atoms with van der Waals surface area (Å²) in [5.41, 5.74) is 7.77. The minimum Gasteiger partial charge on any atom is -0.501 e. The van der Waals surface area contributed by atoms with Gasteiger partial charge in [0, 0.05) is 9.26 Å². The van der Waals surface area contributed by atoms with Crippen molar-refractivity contribution in [2.45, 2.75) is 58.3 Å². The summed E-state index contributed by atoms with van der Waals surface area (Å²) in [5.74, 6) is 0.0756. The number of hydrogen-bond donors (Lipinski definition) is 1. The molecule has 30 heavy (non-hydrogen) atoms. The monoisotopic (exact) mass is 521 g/mol. The second-order valence-corrected chi connectivity index (χ2v) is 8.63. The Morgan fingerprint density at radius 1 is 0.967 bits per heavy atom. The lowest BCUT2D eigenvalue weighted by Crippen LogP contribution is -2.09. The van der Waals surface area contributed by atoms with Crippen molar-refractivity contribution in [1.82, 2.24) is 0 Å². The van der Waals surface area contributed by atoms with Crippen LogP contribution in [0.2, 0.25) is 0 Å². The van der Waals surface area contributed by atoms with Gasteiger partial charge in [-0.1, -0.05) is 64.0 Å². The Kier molecular flexibility index (Phi) is 11.4. The maximum Gasteiger partial charge on any atom is 0.343 e. The molecule has 0 heterocycles. The molecule has 2 aromatic carbocycles. The molecule has 0 amide bonds. The second kappa shape index (κ2) is 14.1. The van der Waals surface area contributed by atoms with Crippen molar-refractivity contribution in [2.24, 2.45) is 0 Å². The van der Waals surface area contributed by atoms with E-state index < -0.39 is 5.97 Å². The Balaban J connectivity index is 1.66. The molecule has 0 unspecified atom stereocenters. The van der Waals surface area contributed by atoms with E-state index in [2.05, 4.69) is 29.5 Å². The Bertz CT molecular complexity index is 782. The number of halogens is 1. The van der Waals surface area contributed by atoms with Gasteiger partial charge in [0.05, 0.1) is 18.4 Å². The zero-order chi connectivity index (χ0) is 21.6. The molecule has 2 N–H and O–H groups in total. The lowest BCUT2D eigenvalue weighted by atomic mass is 10.1. The number of esters is 1. The van der Waals surface area contributed by atoms with E-state index in [-0.39, 0.29) is 0 Å². The molecule has 5 heteroatoms. The predicted octanol–water partition coefficient (Wildman–Crippen LogP) is 7.22. The van der Waals surface area contributed by atoms with Gasteiger partial charge in [-0.3, -0.25) is 0 Å². The van der Waals surface area contributed by atoms with Crippen molar-refractivity contribution >= 4 is 40.3 Å². The van der Waals surface area contributed by atoms with Crippen LogP contribution in [0.25, 0.3) is 6.08 Å². The fraction of sp³-hybridized carbons (Fsp3) is 0.400. The number of carbonyl (C=O) groups excluding carboxylic acids is 1. The Labute approximate surface area is 194 Å². The van der Waals surface area contributed by atoms with Crippen LogP contribution in [-0.4, -0.2) is 12.6 Å². The average Bonchev–Trinajstić information content (AvgIpc) is 2.72. The number of rotatable bonds is 13. The van der Waals surface area contributed by atoms with Gasteiger partial charge in [-0.25, -0.2) is 4.79 Å². The Morgan fingerprint density at radius 3 is 2.30 bits per heavy atom. The van der Waals surface area contributed by atoms with Gasteiger partial charge < -0.3 is 15.2 Å². The van der Waals surface area contributed by atoms with Gasteiger partial charge in [-0.2, -0.15) is 0 Å². The SMILES string of the molecule is CCCCCCCCCCO/C=C/c1ccc(OC(=O)c2cc(N)cc(I)c2)cc1. The molecule has 0 atom stereocenters. The molecule has 0 saturated heterocycles. The van der Waals surface area contributed by atoms with Crippen molar-refractivity contribution in [2.75, 3.05) is 12.3 Å². The van der Waals surface area contributed by atoms with Gasteiger partial charge in [0.15, 0.2) is 0 Å². The number of unbranched alkanes of at least 4 members (excludes halogenated alkanes) is 7. The topological polar surface area (TPSA) is 61.5 Å². The quantitative estimate of drug-likeness (QED) is 0.0755. The third-order valence-electron chi connectivity index (χ3n) is 4.72. The van der Waals surface area contributed by atoms with Crippen LogP contribution in [0.1, 0.15) is 74.2 Å². The standard InChI is InChI=1S/C25H32INO3/c1-2-3-4-5-6-7-8-9-15-29-16-14-20-10-12-24(13-11-20)30-25(28)21-17-22(26)19-23(27)18-21/h10-14,16-19H,2-9,15,27H2,1H3/b16-14+. The number of ether oxygens (including phenoxy) is 2.